The molecule has 1 aliphatic rings. The fourth-order valence-electron chi connectivity index (χ4n) is 3.87. The summed E-state index contributed by atoms with van der Waals surface area (Å²) in [5.41, 5.74) is 7.67. The molecule has 0 saturated heterocycles. The number of hydrogen-bond acceptors (Lipinski definition) is 6. The average Bonchev–Trinajstić information content (AvgIpc) is 2.76. The quantitative estimate of drug-likeness (QED) is 0.723. The molecule has 7 heteroatoms. The maximum atomic E-state index is 12.8. The van der Waals surface area contributed by atoms with E-state index in [2.05, 4.69) is 73.7 Å². The number of aromatic nitrogens is 2. The van der Waals surface area contributed by atoms with Gasteiger partial charge in [0.2, 0.25) is 0 Å². The Hall–Kier alpha value is -3.45. The van der Waals surface area contributed by atoms with Crippen LogP contribution in [0.5, 0.6) is 0 Å². The van der Waals surface area contributed by atoms with Crippen molar-refractivity contribution in [1.29, 1.82) is 0 Å². The minimum absolute atomic E-state index is 0.205. The summed E-state index contributed by atoms with van der Waals surface area (Å²) in [7, 11) is 9.76. The second-order valence-electron chi connectivity index (χ2n) is 7.86. The number of anilines is 2. The van der Waals surface area contributed by atoms with Crippen molar-refractivity contribution in [3.63, 3.8) is 0 Å². The van der Waals surface area contributed by atoms with E-state index < -0.39 is 5.54 Å². The van der Waals surface area contributed by atoms with Gasteiger partial charge in [-0.2, -0.15) is 0 Å². The van der Waals surface area contributed by atoms with Gasteiger partial charge in [-0.1, -0.05) is 24.3 Å². The van der Waals surface area contributed by atoms with Crippen LogP contribution in [0.25, 0.3) is 0 Å². The van der Waals surface area contributed by atoms with Crippen LogP contribution >= 0.6 is 0 Å². The molecule has 0 unspecified atom stereocenters. The maximum Gasteiger partial charge on any atom is 0.288 e. The number of hydrazine groups is 1. The summed E-state index contributed by atoms with van der Waals surface area (Å²) in [6, 6.07) is 16.6. The molecular weight excluding hydrogens is 376 g/mol. The monoisotopic (exact) mass is 402 g/mol. The summed E-state index contributed by atoms with van der Waals surface area (Å²) < 4.78 is 0. The highest BCUT2D eigenvalue weighted by Gasteiger charge is 2.47. The Bertz CT molecular complexity index is 1010. The minimum atomic E-state index is -0.845. The molecule has 154 valence electrons. The van der Waals surface area contributed by atoms with Crippen LogP contribution in [0.2, 0.25) is 0 Å². The van der Waals surface area contributed by atoms with Gasteiger partial charge in [-0.15, -0.1) is 0 Å². The normalized spacial score (nSPS) is 15.0. The van der Waals surface area contributed by atoms with E-state index >= 15 is 0 Å². The van der Waals surface area contributed by atoms with Crippen LogP contribution in [0.4, 0.5) is 11.4 Å². The third-order valence-corrected chi connectivity index (χ3v) is 5.53. The molecule has 0 aliphatic carbocycles. The Labute approximate surface area is 176 Å². The number of benzene rings is 2. The Morgan fingerprint density at radius 1 is 0.800 bits per heavy atom. The van der Waals surface area contributed by atoms with Crippen LogP contribution in [0.3, 0.4) is 0 Å². The lowest BCUT2D eigenvalue weighted by atomic mass is 9.78. The zero-order valence-electron chi connectivity index (χ0n) is 17.9. The first-order valence-electron chi connectivity index (χ1n) is 9.77. The van der Waals surface area contributed by atoms with Crippen molar-refractivity contribution < 1.29 is 4.79 Å². The van der Waals surface area contributed by atoms with Crippen LogP contribution in [0.1, 0.15) is 27.3 Å². The predicted molar refractivity (Wildman–Crippen MR) is 119 cm³/mol. The SMILES string of the molecule is CN1NC(c2ccc(N(C)C)cc2)(c2ccc(N(C)C)cc2)c2nccnc2C1=O. The van der Waals surface area contributed by atoms with Crippen molar-refractivity contribution in [3.05, 3.63) is 83.4 Å². The molecule has 2 aromatic carbocycles. The molecule has 0 radical (unpaired) electrons. The van der Waals surface area contributed by atoms with Crippen LogP contribution in [-0.2, 0) is 5.54 Å². The summed E-state index contributed by atoms with van der Waals surface area (Å²) in [6.07, 6.45) is 3.20. The first-order chi connectivity index (χ1) is 14.3. The van der Waals surface area contributed by atoms with Gasteiger partial charge in [0.25, 0.3) is 5.91 Å². The van der Waals surface area contributed by atoms with Crippen LogP contribution in [-0.4, -0.2) is 56.1 Å². The van der Waals surface area contributed by atoms with Gasteiger partial charge in [-0.05, 0) is 35.4 Å². The molecule has 3 aromatic rings. The Morgan fingerprint density at radius 2 is 1.27 bits per heavy atom. The molecule has 0 bridgehead atoms. The molecule has 0 atom stereocenters. The third-order valence-electron chi connectivity index (χ3n) is 5.53. The first-order valence-corrected chi connectivity index (χ1v) is 9.77. The van der Waals surface area contributed by atoms with Crippen LogP contribution in [0.15, 0.2) is 60.9 Å². The van der Waals surface area contributed by atoms with E-state index in [0.717, 1.165) is 22.5 Å². The molecule has 0 fully saturated rings. The van der Waals surface area contributed by atoms with Gasteiger partial charge in [-0.25, -0.2) is 10.4 Å². The van der Waals surface area contributed by atoms with Crippen LogP contribution in [0, 0.1) is 0 Å². The summed E-state index contributed by atoms with van der Waals surface area (Å²) in [4.78, 5) is 25.9. The zero-order chi connectivity index (χ0) is 21.5. The number of carbonyl (C=O) groups excluding carboxylic acids is 1. The Balaban J connectivity index is 1.98. The lowest BCUT2D eigenvalue weighted by Gasteiger charge is -2.43. The van der Waals surface area contributed by atoms with Gasteiger partial charge in [0.15, 0.2) is 5.69 Å². The van der Waals surface area contributed by atoms with Crippen molar-refractivity contribution in [2.24, 2.45) is 0 Å². The number of nitrogens with zero attached hydrogens (tertiary/aromatic N) is 5. The molecular formula is C23H26N6O. The van der Waals surface area contributed by atoms with E-state index in [1.807, 2.05) is 28.2 Å². The van der Waals surface area contributed by atoms with E-state index in [4.69, 9.17) is 0 Å². The topological polar surface area (TPSA) is 64.6 Å². The standard InChI is InChI=1S/C23H26N6O/c1-27(2)18-10-6-16(7-11-18)23(17-8-12-19(13-9-17)28(3)4)21-20(24-14-15-25-21)22(30)29(5)26-23/h6-15,26H,1-5H3. The molecule has 7 nitrogen and oxygen atoms in total. The first kappa shape index (κ1) is 19.8. The number of carbonyl (C=O) groups is 1. The summed E-state index contributed by atoms with van der Waals surface area (Å²) >= 11 is 0. The van der Waals surface area contributed by atoms with Gasteiger partial charge in [0, 0.05) is 59.0 Å². The van der Waals surface area contributed by atoms with E-state index in [1.165, 1.54) is 5.01 Å². The second-order valence-corrected chi connectivity index (χ2v) is 7.86. The molecule has 1 amide bonds. The van der Waals surface area contributed by atoms with Gasteiger partial charge in [0.05, 0.1) is 0 Å². The van der Waals surface area contributed by atoms with Crippen molar-refractivity contribution in [2.75, 3.05) is 45.0 Å². The van der Waals surface area contributed by atoms with Gasteiger partial charge in [0.1, 0.15) is 11.2 Å². The van der Waals surface area contributed by atoms with E-state index in [1.54, 1.807) is 19.4 Å². The number of nitrogens with one attached hydrogen (secondary N) is 1. The molecule has 0 spiro atoms. The van der Waals surface area contributed by atoms with Crippen molar-refractivity contribution >= 4 is 17.3 Å². The highest BCUT2D eigenvalue weighted by molar-refractivity contribution is 5.95. The summed E-state index contributed by atoms with van der Waals surface area (Å²) in [5, 5.41) is 1.50. The molecule has 1 aliphatic heterocycles. The zero-order valence-corrected chi connectivity index (χ0v) is 17.9. The van der Waals surface area contributed by atoms with Gasteiger partial charge in [-0.3, -0.25) is 14.8 Å². The Kier molecular flexibility index (Phi) is 4.91. The number of amides is 1. The van der Waals surface area contributed by atoms with Crippen molar-refractivity contribution in [2.45, 2.75) is 5.54 Å². The van der Waals surface area contributed by atoms with E-state index in [-0.39, 0.29) is 5.91 Å². The van der Waals surface area contributed by atoms with E-state index in [0.29, 0.717) is 11.4 Å². The number of hydrogen-bond donors (Lipinski definition) is 1. The van der Waals surface area contributed by atoms with Crippen LogP contribution < -0.4 is 15.2 Å². The molecule has 30 heavy (non-hydrogen) atoms. The van der Waals surface area contributed by atoms with Crippen molar-refractivity contribution in [3.8, 4) is 0 Å². The van der Waals surface area contributed by atoms with Gasteiger partial charge >= 0.3 is 0 Å². The fourth-order valence-corrected chi connectivity index (χ4v) is 3.87. The highest BCUT2D eigenvalue weighted by atomic mass is 16.2. The highest BCUT2D eigenvalue weighted by Crippen LogP contribution is 2.40. The average molecular weight is 403 g/mol. The molecule has 2 heterocycles. The summed E-state index contributed by atoms with van der Waals surface area (Å²) in [5.74, 6) is -0.205. The fraction of sp³-hybridized carbons (Fsp3) is 0.261. The third kappa shape index (κ3) is 3.07. The predicted octanol–water partition coefficient (Wildman–Crippen LogP) is 2.49. The molecule has 0 saturated carbocycles. The smallest absolute Gasteiger partial charge is 0.288 e. The maximum absolute atomic E-state index is 12.8. The number of fused-ring (bicyclic) bond motifs is 1. The van der Waals surface area contributed by atoms with E-state index in [9.17, 15) is 4.79 Å². The van der Waals surface area contributed by atoms with Crippen molar-refractivity contribution in [1.82, 2.24) is 20.4 Å². The lowest BCUT2D eigenvalue weighted by molar-refractivity contribution is 0.0596. The second kappa shape index (κ2) is 7.42. The lowest BCUT2D eigenvalue weighted by Crippen LogP contribution is -2.59. The van der Waals surface area contributed by atoms with Gasteiger partial charge < -0.3 is 9.80 Å². The summed E-state index contributed by atoms with van der Waals surface area (Å²) in [6.45, 7) is 0. The number of rotatable bonds is 4. The Morgan fingerprint density at radius 3 is 1.73 bits per heavy atom. The minimum Gasteiger partial charge on any atom is -0.378 e. The molecule has 4 rings (SSSR count). The molecule has 1 aromatic heterocycles. The molecule has 1 N–H and O–H groups in total. The largest absolute Gasteiger partial charge is 0.378 e.